The van der Waals surface area contributed by atoms with Crippen molar-refractivity contribution >= 4 is 40.2 Å². The number of benzene rings is 2. The van der Waals surface area contributed by atoms with Crippen LogP contribution in [-0.4, -0.2) is 135 Å². The van der Waals surface area contributed by atoms with Crippen LogP contribution in [-0.2, 0) is 45.8 Å². The van der Waals surface area contributed by atoms with Crippen LogP contribution in [0.2, 0.25) is 0 Å². The van der Waals surface area contributed by atoms with Gasteiger partial charge in [-0.2, -0.15) is 0 Å². The summed E-state index contributed by atoms with van der Waals surface area (Å²) in [5.74, 6) is -6.02. The van der Waals surface area contributed by atoms with E-state index in [9.17, 15) is 14.7 Å². The minimum atomic E-state index is -2.95. The fourth-order valence-electron chi connectivity index (χ4n) is 13.8. The number of alkyl halides is 2. The average molecular weight is 886 g/mol. The fourth-order valence-corrected chi connectivity index (χ4v) is 13.8. The van der Waals surface area contributed by atoms with Gasteiger partial charge in [-0.05, 0) is 86.9 Å². The molecule has 13 nitrogen and oxygen atoms in total. The monoisotopic (exact) mass is 885 g/mol. The highest BCUT2D eigenvalue weighted by Crippen LogP contribution is 2.68. The summed E-state index contributed by atoms with van der Waals surface area (Å²) in [6.07, 6.45) is 6.20. The van der Waals surface area contributed by atoms with Crippen molar-refractivity contribution < 1.29 is 47.2 Å². The Bertz CT molecular complexity index is 2430. The topological polar surface area (TPSA) is 146 Å². The van der Waals surface area contributed by atoms with E-state index < -0.39 is 63.7 Å². The third kappa shape index (κ3) is 6.04. The van der Waals surface area contributed by atoms with E-state index in [0.717, 1.165) is 34.6 Å². The third-order valence-electron chi connectivity index (χ3n) is 16.1. The van der Waals surface area contributed by atoms with Gasteiger partial charge in [0.25, 0.3) is 0 Å². The number of methoxy groups -OCH3 is 3. The van der Waals surface area contributed by atoms with Gasteiger partial charge in [-0.3, -0.25) is 14.5 Å². The highest BCUT2D eigenvalue weighted by Gasteiger charge is 2.80. The van der Waals surface area contributed by atoms with E-state index in [-0.39, 0.29) is 31.3 Å². The second-order valence-corrected chi connectivity index (χ2v) is 19.2. The Labute approximate surface area is 373 Å². The van der Waals surface area contributed by atoms with Crippen LogP contribution in [0.4, 0.5) is 20.2 Å². The molecule has 1 saturated carbocycles. The molecule has 0 amide bonds. The van der Waals surface area contributed by atoms with E-state index in [4.69, 9.17) is 18.9 Å². The smallest absolute Gasteiger partial charge is 0.344 e. The molecule has 1 spiro atoms. The van der Waals surface area contributed by atoms with Gasteiger partial charge in [0.1, 0.15) is 11.2 Å². The van der Waals surface area contributed by atoms with Crippen molar-refractivity contribution in [1.82, 2.24) is 14.8 Å². The minimum absolute atomic E-state index is 0.128. The summed E-state index contributed by atoms with van der Waals surface area (Å²) in [4.78, 5) is 53.0. The Hall–Kier alpha value is -4.99. The number of H-pyrrole nitrogens is 1. The highest BCUT2D eigenvalue weighted by molar-refractivity contribution is 5.96. The fraction of sp³-hybridized carbons (Fsp3) is 0.571. The molecule has 3 fully saturated rings. The highest BCUT2D eigenvalue weighted by atomic mass is 19.3. The van der Waals surface area contributed by atoms with Crippen LogP contribution < -0.4 is 15.0 Å². The first kappa shape index (κ1) is 44.2. The molecule has 2 bridgehead atoms. The van der Waals surface area contributed by atoms with Crippen molar-refractivity contribution in [3.63, 3.8) is 0 Å². The lowest BCUT2D eigenvalue weighted by Crippen LogP contribution is -2.81. The predicted molar refractivity (Wildman–Crippen MR) is 238 cm³/mol. The molecule has 1 unspecified atom stereocenters. The van der Waals surface area contributed by atoms with Crippen LogP contribution in [0.5, 0.6) is 5.75 Å². The number of anilines is 2. The van der Waals surface area contributed by atoms with Crippen LogP contribution >= 0.6 is 0 Å². The lowest BCUT2D eigenvalue weighted by Gasteiger charge is -2.63. The number of hydrogen-bond donors (Lipinski definition) is 3. The van der Waals surface area contributed by atoms with Gasteiger partial charge in [-0.15, -0.1) is 6.58 Å². The Kier molecular flexibility index (Phi) is 10.8. The summed E-state index contributed by atoms with van der Waals surface area (Å²) < 4.78 is 54.9. The number of piperidine rings is 1. The zero-order valence-electron chi connectivity index (χ0n) is 37.9. The maximum Gasteiger partial charge on any atom is 0.344 e. The molecular formula is C49H61F2N5O8. The molecule has 0 radical (unpaired) electrons. The Morgan fingerprint density at radius 3 is 2.50 bits per heavy atom. The second kappa shape index (κ2) is 15.6. The van der Waals surface area contributed by atoms with Crippen molar-refractivity contribution in [1.29, 1.82) is 0 Å². The quantitative estimate of drug-likeness (QED) is 0.130. The molecule has 344 valence electrons. The standard InChI is InChI=1S/C49H61F2N5O8/c1-9-17-52-31-12-13-36-33(22-31)32-14-19-55-26-29(21-30(27-55)45(4,50)51)25-48(39(32)53-36,43(58)62-7)35-23-34-37(24-38(35)61-6)54(5)41-47(34)16-20-56-18-11-15-46(10-2,40(47)56)42(64-28(3)57)49(41,60)44(59)63-8/h9,11-13,15,22-24,29-30,40-42,52-53,60H,1,10,14,16-21,25-27H2,2-8H3/t29-,30-,40+,41-,42-,46-,47-,48+,49+/m1/s1. The first-order valence-electron chi connectivity index (χ1n) is 22.5. The first-order chi connectivity index (χ1) is 30.5. The summed E-state index contributed by atoms with van der Waals surface area (Å²) in [6.45, 7) is 11.1. The van der Waals surface area contributed by atoms with E-state index in [1.54, 1.807) is 6.08 Å². The number of halogens is 2. The lowest BCUT2D eigenvalue weighted by molar-refractivity contribution is -0.228. The maximum absolute atomic E-state index is 15.5. The number of ether oxygens (including phenoxy) is 4. The number of nitrogens with one attached hydrogen (secondary N) is 2. The molecular weight excluding hydrogens is 825 g/mol. The Balaban J connectivity index is 1.35. The number of rotatable bonds is 10. The van der Waals surface area contributed by atoms with Gasteiger partial charge < -0.3 is 44.2 Å². The van der Waals surface area contributed by atoms with Crippen molar-refractivity contribution in [2.24, 2.45) is 17.3 Å². The average Bonchev–Trinajstić information content (AvgIpc) is 3.94. The van der Waals surface area contributed by atoms with Gasteiger partial charge in [0.2, 0.25) is 11.5 Å². The molecule has 9 rings (SSSR count). The Morgan fingerprint density at radius 2 is 1.83 bits per heavy atom. The zero-order valence-corrected chi connectivity index (χ0v) is 37.9. The number of aromatic amines is 1. The van der Waals surface area contributed by atoms with E-state index in [2.05, 4.69) is 32.7 Å². The van der Waals surface area contributed by atoms with Gasteiger partial charge in [0.15, 0.2) is 6.10 Å². The first-order valence-corrected chi connectivity index (χ1v) is 22.5. The molecule has 2 aromatic carbocycles. The number of esters is 3. The molecule has 5 aliphatic heterocycles. The summed E-state index contributed by atoms with van der Waals surface area (Å²) in [5, 5.41) is 17.7. The van der Waals surface area contributed by atoms with Gasteiger partial charge in [0.05, 0.1) is 27.4 Å². The maximum atomic E-state index is 15.5. The van der Waals surface area contributed by atoms with Gasteiger partial charge >= 0.3 is 17.9 Å². The molecule has 64 heavy (non-hydrogen) atoms. The van der Waals surface area contributed by atoms with Gasteiger partial charge in [-0.1, -0.05) is 25.2 Å². The molecule has 6 heterocycles. The predicted octanol–water partition coefficient (Wildman–Crippen LogP) is 5.72. The van der Waals surface area contributed by atoms with Crippen LogP contribution in [0.25, 0.3) is 10.9 Å². The number of fused-ring (bicyclic) bond motifs is 6. The zero-order chi connectivity index (χ0) is 45.7. The summed E-state index contributed by atoms with van der Waals surface area (Å²) >= 11 is 0. The molecule has 6 aliphatic rings. The number of carbonyl (C=O) groups is 3. The number of aliphatic hydroxyl groups is 1. The van der Waals surface area contributed by atoms with Crippen LogP contribution in [0, 0.1) is 17.3 Å². The normalized spacial score (nSPS) is 34.0. The molecule has 15 heteroatoms. The van der Waals surface area contributed by atoms with Gasteiger partial charge in [-0.25, -0.2) is 13.6 Å². The van der Waals surface area contributed by atoms with Crippen molar-refractivity contribution in [3.05, 3.63) is 77.5 Å². The molecule has 2 saturated heterocycles. The number of hydrogen-bond acceptors (Lipinski definition) is 12. The third-order valence-corrected chi connectivity index (χ3v) is 16.1. The van der Waals surface area contributed by atoms with Crippen LogP contribution in [0.1, 0.15) is 68.8 Å². The van der Waals surface area contributed by atoms with Gasteiger partial charge in [0, 0.05) is 109 Å². The summed E-state index contributed by atoms with van der Waals surface area (Å²) in [5.41, 5.74) is -0.900. The second-order valence-electron chi connectivity index (χ2n) is 19.2. The number of nitrogens with zero attached hydrogens (tertiary/aromatic N) is 3. The molecule has 3 aromatic rings. The molecule has 10 atom stereocenters. The van der Waals surface area contributed by atoms with Crippen molar-refractivity contribution in [3.8, 4) is 5.75 Å². The molecule has 1 aliphatic carbocycles. The van der Waals surface area contributed by atoms with E-state index in [1.807, 2.05) is 55.3 Å². The van der Waals surface area contributed by atoms with E-state index in [0.29, 0.717) is 74.7 Å². The van der Waals surface area contributed by atoms with Crippen LogP contribution in [0.15, 0.2) is 55.1 Å². The van der Waals surface area contributed by atoms with E-state index in [1.165, 1.54) is 28.3 Å². The SMILES string of the molecule is C=CCNc1ccc2[nH]c3c(c2c1)CCN1C[C@H](C[C@@H](C(C)(F)F)C1)C[C@]3(C(=O)OC)c1cc2c(cc1OC)N(C)[C@H]1[C@@](O)(C(=O)OC)[C@H](OC(C)=O)[C@]3(CC)C=CCN4CC[C@]21[C@@H]43. The minimum Gasteiger partial charge on any atom is -0.496 e. The Morgan fingerprint density at radius 1 is 1.06 bits per heavy atom. The molecule has 3 N–H and O–H groups in total. The van der Waals surface area contributed by atoms with Crippen molar-refractivity contribution in [2.45, 2.75) is 93.4 Å². The lowest BCUT2D eigenvalue weighted by atomic mass is 9.47. The summed E-state index contributed by atoms with van der Waals surface area (Å²) in [7, 11) is 5.95. The van der Waals surface area contributed by atoms with Crippen LogP contribution in [0.3, 0.4) is 0 Å². The van der Waals surface area contributed by atoms with Crippen molar-refractivity contribution in [2.75, 3.05) is 77.9 Å². The number of likely N-dealkylation sites (N-methyl/N-ethyl adjacent to an activating group) is 1. The number of aromatic nitrogens is 1. The van der Waals surface area contributed by atoms with E-state index >= 15 is 13.6 Å². The summed E-state index contributed by atoms with van der Waals surface area (Å²) in [6, 6.07) is 8.53. The number of carbonyl (C=O) groups excluding carboxylic acids is 3. The molecule has 1 aromatic heterocycles. The largest absolute Gasteiger partial charge is 0.496 e.